The van der Waals surface area contributed by atoms with E-state index < -0.39 is 0 Å². The van der Waals surface area contributed by atoms with Crippen LogP contribution in [0.3, 0.4) is 0 Å². The van der Waals surface area contributed by atoms with Crippen molar-refractivity contribution in [2.24, 2.45) is 5.92 Å². The number of rotatable bonds is 9. The summed E-state index contributed by atoms with van der Waals surface area (Å²) in [5, 5.41) is 3.08. The zero-order valence-electron chi connectivity index (χ0n) is 15.7. The Hall–Kier alpha value is -2.82. The molecular weight excluding hydrogens is 342 g/mol. The molecule has 5 heteroatoms. The van der Waals surface area contributed by atoms with Crippen LogP contribution in [-0.4, -0.2) is 25.4 Å². The SMILES string of the molecule is CCC(=O)c1ccc(OCC(=O)NC(c2ccc(OC)cc2)C2CC2)cc1. The number of hydrogen-bond acceptors (Lipinski definition) is 4. The summed E-state index contributed by atoms with van der Waals surface area (Å²) in [7, 11) is 1.64. The predicted molar refractivity (Wildman–Crippen MR) is 103 cm³/mol. The highest BCUT2D eigenvalue weighted by molar-refractivity contribution is 5.95. The van der Waals surface area contributed by atoms with Crippen molar-refractivity contribution < 1.29 is 19.1 Å². The highest BCUT2D eigenvalue weighted by Gasteiger charge is 2.33. The van der Waals surface area contributed by atoms with Crippen LogP contribution in [0.25, 0.3) is 0 Å². The summed E-state index contributed by atoms with van der Waals surface area (Å²) in [6.45, 7) is 1.77. The first-order valence-corrected chi connectivity index (χ1v) is 9.30. The summed E-state index contributed by atoms with van der Waals surface area (Å²) in [6.07, 6.45) is 2.70. The molecule has 0 aromatic heterocycles. The Morgan fingerprint density at radius 1 is 1.04 bits per heavy atom. The third kappa shape index (κ3) is 5.09. The molecule has 5 nitrogen and oxygen atoms in total. The third-order valence-corrected chi connectivity index (χ3v) is 4.75. The van der Waals surface area contributed by atoms with Crippen LogP contribution < -0.4 is 14.8 Å². The second-order valence-corrected chi connectivity index (χ2v) is 6.75. The maximum atomic E-state index is 12.4. The van der Waals surface area contributed by atoms with Gasteiger partial charge < -0.3 is 14.8 Å². The van der Waals surface area contributed by atoms with Crippen molar-refractivity contribution in [3.63, 3.8) is 0 Å². The van der Waals surface area contributed by atoms with Gasteiger partial charge in [0.15, 0.2) is 12.4 Å². The maximum Gasteiger partial charge on any atom is 0.258 e. The van der Waals surface area contributed by atoms with E-state index in [9.17, 15) is 9.59 Å². The van der Waals surface area contributed by atoms with Gasteiger partial charge in [-0.15, -0.1) is 0 Å². The zero-order valence-corrected chi connectivity index (χ0v) is 15.7. The number of carbonyl (C=O) groups is 2. The molecule has 3 rings (SSSR count). The lowest BCUT2D eigenvalue weighted by molar-refractivity contribution is -0.124. The largest absolute Gasteiger partial charge is 0.497 e. The normalized spacial score (nSPS) is 14.3. The molecule has 1 saturated carbocycles. The van der Waals surface area contributed by atoms with E-state index in [0.717, 1.165) is 24.2 Å². The Kier molecular flexibility index (Phi) is 6.12. The average Bonchev–Trinajstić information content (AvgIpc) is 3.55. The summed E-state index contributed by atoms with van der Waals surface area (Å²) in [4.78, 5) is 24.0. The highest BCUT2D eigenvalue weighted by Crippen LogP contribution is 2.41. The minimum Gasteiger partial charge on any atom is -0.497 e. The van der Waals surface area contributed by atoms with Crippen molar-refractivity contribution in [1.29, 1.82) is 0 Å². The van der Waals surface area contributed by atoms with Crippen molar-refractivity contribution in [3.05, 3.63) is 59.7 Å². The van der Waals surface area contributed by atoms with E-state index in [0.29, 0.717) is 23.7 Å². The first kappa shape index (κ1) is 19.0. The van der Waals surface area contributed by atoms with Gasteiger partial charge in [-0.25, -0.2) is 0 Å². The van der Waals surface area contributed by atoms with Gasteiger partial charge in [0.05, 0.1) is 13.2 Å². The molecule has 2 aromatic rings. The molecule has 1 fully saturated rings. The van der Waals surface area contributed by atoms with Gasteiger partial charge in [0.25, 0.3) is 5.91 Å². The molecule has 1 atom stereocenters. The van der Waals surface area contributed by atoms with Gasteiger partial charge in [-0.2, -0.15) is 0 Å². The van der Waals surface area contributed by atoms with Crippen molar-refractivity contribution in [3.8, 4) is 11.5 Å². The van der Waals surface area contributed by atoms with E-state index in [-0.39, 0.29) is 24.3 Å². The smallest absolute Gasteiger partial charge is 0.258 e. The molecule has 0 saturated heterocycles. The van der Waals surface area contributed by atoms with Crippen LogP contribution in [0.4, 0.5) is 0 Å². The number of ether oxygens (including phenoxy) is 2. The van der Waals surface area contributed by atoms with Crippen LogP contribution in [0.5, 0.6) is 11.5 Å². The fourth-order valence-corrected chi connectivity index (χ4v) is 3.02. The summed E-state index contributed by atoms with van der Waals surface area (Å²) >= 11 is 0. The lowest BCUT2D eigenvalue weighted by Gasteiger charge is -2.19. The fraction of sp³-hybridized carbons (Fsp3) is 0.364. The van der Waals surface area contributed by atoms with Gasteiger partial charge in [-0.05, 0) is 60.7 Å². The minimum absolute atomic E-state index is 0.00319. The zero-order chi connectivity index (χ0) is 19.2. The summed E-state index contributed by atoms with van der Waals surface area (Å²) in [5.74, 6) is 1.78. The van der Waals surface area contributed by atoms with Gasteiger partial charge in [-0.1, -0.05) is 19.1 Å². The van der Waals surface area contributed by atoms with Crippen LogP contribution in [0.15, 0.2) is 48.5 Å². The van der Waals surface area contributed by atoms with E-state index >= 15 is 0 Å². The lowest BCUT2D eigenvalue weighted by Crippen LogP contribution is -2.33. The van der Waals surface area contributed by atoms with E-state index in [1.54, 1.807) is 31.4 Å². The molecule has 142 valence electrons. The number of nitrogens with one attached hydrogen (secondary N) is 1. The van der Waals surface area contributed by atoms with E-state index in [2.05, 4.69) is 5.32 Å². The molecule has 1 aliphatic carbocycles. The quantitative estimate of drug-likeness (QED) is 0.682. The van der Waals surface area contributed by atoms with Gasteiger partial charge in [-0.3, -0.25) is 9.59 Å². The predicted octanol–water partition coefficient (Wildman–Crippen LogP) is 3.93. The Morgan fingerprint density at radius 3 is 2.22 bits per heavy atom. The van der Waals surface area contributed by atoms with Gasteiger partial charge in [0.1, 0.15) is 11.5 Å². The molecule has 0 heterocycles. The van der Waals surface area contributed by atoms with Crippen LogP contribution in [0.2, 0.25) is 0 Å². The molecule has 27 heavy (non-hydrogen) atoms. The van der Waals surface area contributed by atoms with E-state index in [1.807, 2.05) is 31.2 Å². The van der Waals surface area contributed by atoms with Crippen LogP contribution >= 0.6 is 0 Å². The van der Waals surface area contributed by atoms with Crippen LogP contribution in [0, 0.1) is 5.92 Å². The second kappa shape index (κ2) is 8.71. The molecule has 1 amide bonds. The van der Waals surface area contributed by atoms with Crippen molar-refractivity contribution in [2.45, 2.75) is 32.2 Å². The van der Waals surface area contributed by atoms with Gasteiger partial charge in [0, 0.05) is 12.0 Å². The maximum absolute atomic E-state index is 12.4. The monoisotopic (exact) mass is 367 g/mol. The molecule has 0 aliphatic heterocycles. The fourth-order valence-electron chi connectivity index (χ4n) is 3.02. The number of carbonyl (C=O) groups excluding carboxylic acids is 2. The number of methoxy groups -OCH3 is 1. The standard InChI is InChI=1S/C22H25NO4/c1-3-20(24)15-6-12-19(13-7-15)27-14-21(25)23-22(16-4-5-16)17-8-10-18(26-2)11-9-17/h6-13,16,22H,3-5,14H2,1-2H3,(H,23,25). The first-order chi connectivity index (χ1) is 13.1. The summed E-state index contributed by atoms with van der Waals surface area (Å²) < 4.78 is 10.8. The van der Waals surface area contributed by atoms with Gasteiger partial charge in [0.2, 0.25) is 0 Å². The summed E-state index contributed by atoms with van der Waals surface area (Å²) in [5.41, 5.74) is 1.73. The number of ketones is 1. The number of hydrogen-bond donors (Lipinski definition) is 1. The molecule has 2 aromatic carbocycles. The van der Waals surface area contributed by atoms with Crippen LogP contribution in [0.1, 0.15) is 48.1 Å². The molecule has 0 bridgehead atoms. The molecule has 1 aliphatic rings. The third-order valence-electron chi connectivity index (χ3n) is 4.75. The number of Topliss-reactive ketones (excluding diaryl/α,β-unsaturated/α-hetero) is 1. The highest BCUT2D eigenvalue weighted by atomic mass is 16.5. The molecular formula is C22H25NO4. The van der Waals surface area contributed by atoms with Crippen LogP contribution in [-0.2, 0) is 4.79 Å². The lowest BCUT2D eigenvalue weighted by atomic mass is 10.0. The second-order valence-electron chi connectivity index (χ2n) is 6.75. The Labute approximate surface area is 159 Å². The number of amides is 1. The average molecular weight is 367 g/mol. The Morgan fingerprint density at radius 2 is 1.67 bits per heavy atom. The van der Waals surface area contributed by atoms with E-state index in [4.69, 9.17) is 9.47 Å². The first-order valence-electron chi connectivity index (χ1n) is 9.30. The molecule has 1 unspecified atom stereocenters. The van der Waals surface area contributed by atoms with Gasteiger partial charge >= 0.3 is 0 Å². The minimum atomic E-state index is -0.156. The topological polar surface area (TPSA) is 64.6 Å². The molecule has 0 radical (unpaired) electrons. The summed E-state index contributed by atoms with van der Waals surface area (Å²) in [6, 6.07) is 14.7. The van der Waals surface area contributed by atoms with E-state index in [1.165, 1.54) is 0 Å². The molecule has 1 N–H and O–H groups in total. The molecule has 0 spiro atoms. The number of benzene rings is 2. The Balaban J connectivity index is 1.56. The van der Waals surface area contributed by atoms with Crippen molar-refractivity contribution in [2.75, 3.05) is 13.7 Å². The van der Waals surface area contributed by atoms with Crippen molar-refractivity contribution >= 4 is 11.7 Å². The van der Waals surface area contributed by atoms with Crippen molar-refractivity contribution in [1.82, 2.24) is 5.32 Å². The Bertz CT molecular complexity index is 779.